The molecule has 0 aliphatic heterocycles. The second-order valence-corrected chi connectivity index (χ2v) is 5.19. The molecule has 120 valence electrons. The standard InChI is InChI=1S/C16H18N4O3/c1-20(2)16(23)14(11-6-4-3-5-7-11)19-15-12(8-13(21)22)9-17-10-18-15/h3-7,9-10,14H,8H2,1-2H3,(H,21,22)(H,17,18,19)/t14-/m0/s1. The second-order valence-electron chi connectivity index (χ2n) is 5.19. The van der Waals surface area contributed by atoms with Crippen LogP contribution in [0.15, 0.2) is 42.9 Å². The summed E-state index contributed by atoms with van der Waals surface area (Å²) in [5.41, 5.74) is 1.19. The summed E-state index contributed by atoms with van der Waals surface area (Å²) in [4.78, 5) is 32.9. The van der Waals surface area contributed by atoms with Gasteiger partial charge in [-0.2, -0.15) is 0 Å². The van der Waals surface area contributed by atoms with Crippen LogP contribution in [0.2, 0.25) is 0 Å². The Kier molecular flexibility index (Phi) is 5.24. The van der Waals surface area contributed by atoms with Crippen molar-refractivity contribution in [3.63, 3.8) is 0 Å². The lowest BCUT2D eigenvalue weighted by molar-refractivity contribution is -0.136. The van der Waals surface area contributed by atoms with Crippen LogP contribution in [0.4, 0.5) is 5.82 Å². The molecule has 0 saturated carbocycles. The van der Waals surface area contributed by atoms with Crippen molar-refractivity contribution in [2.45, 2.75) is 12.5 Å². The molecule has 0 radical (unpaired) electrons. The molecule has 0 bridgehead atoms. The number of nitrogens with one attached hydrogen (secondary N) is 1. The molecule has 1 atom stereocenters. The third-order valence-corrected chi connectivity index (χ3v) is 3.23. The number of likely N-dealkylation sites (N-methyl/N-ethyl adjacent to an activating group) is 1. The zero-order valence-electron chi connectivity index (χ0n) is 12.9. The summed E-state index contributed by atoms with van der Waals surface area (Å²) in [5, 5.41) is 12.0. The number of aromatic nitrogens is 2. The molecule has 1 heterocycles. The van der Waals surface area contributed by atoms with Crippen molar-refractivity contribution in [2.24, 2.45) is 0 Å². The molecular formula is C16H18N4O3. The number of anilines is 1. The lowest BCUT2D eigenvalue weighted by atomic mass is 10.1. The fourth-order valence-electron chi connectivity index (χ4n) is 2.11. The Labute approximate surface area is 134 Å². The molecule has 0 spiro atoms. The summed E-state index contributed by atoms with van der Waals surface area (Å²) in [5.74, 6) is -0.805. The molecule has 2 rings (SSSR count). The lowest BCUT2D eigenvalue weighted by Crippen LogP contribution is -2.33. The van der Waals surface area contributed by atoms with Crippen molar-refractivity contribution < 1.29 is 14.7 Å². The molecule has 0 fully saturated rings. The maximum absolute atomic E-state index is 12.5. The first-order valence-corrected chi connectivity index (χ1v) is 7.02. The first kappa shape index (κ1) is 16.4. The first-order chi connectivity index (χ1) is 11.0. The van der Waals surface area contributed by atoms with E-state index >= 15 is 0 Å². The number of carbonyl (C=O) groups is 2. The van der Waals surface area contributed by atoms with Crippen LogP contribution in [-0.4, -0.2) is 45.9 Å². The van der Waals surface area contributed by atoms with E-state index in [1.807, 2.05) is 30.3 Å². The molecule has 1 aromatic carbocycles. The number of carboxylic acid groups (broad SMARTS) is 1. The van der Waals surface area contributed by atoms with Crippen molar-refractivity contribution in [1.82, 2.24) is 14.9 Å². The predicted octanol–water partition coefficient (Wildman–Crippen LogP) is 1.35. The van der Waals surface area contributed by atoms with Gasteiger partial charge in [0.1, 0.15) is 18.2 Å². The molecular weight excluding hydrogens is 296 g/mol. The van der Waals surface area contributed by atoms with E-state index in [0.29, 0.717) is 11.4 Å². The topological polar surface area (TPSA) is 95.4 Å². The Bertz CT molecular complexity index is 689. The van der Waals surface area contributed by atoms with Crippen molar-refractivity contribution in [1.29, 1.82) is 0 Å². The summed E-state index contributed by atoms with van der Waals surface area (Å²) in [6.07, 6.45) is 2.53. The van der Waals surface area contributed by atoms with Crippen molar-refractivity contribution in [3.8, 4) is 0 Å². The fraction of sp³-hybridized carbons (Fsp3) is 0.250. The van der Waals surface area contributed by atoms with Crippen LogP contribution in [0, 0.1) is 0 Å². The molecule has 0 aliphatic rings. The highest BCUT2D eigenvalue weighted by Gasteiger charge is 2.23. The Morgan fingerprint density at radius 2 is 1.96 bits per heavy atom. The van der Waals surface area contributed by atoms with E-state index in [1.165, 1.54) is 17.4 Å². The van der Waals surface area contributed by atoms with Gasteiger partial charge in [0.25, 0.3) is 0 Å². The highest BCUT2D eigenvalue weighted by Crippen LogP contribution is 2.22. The van der Waals surface area contributed by atoms with E-state index in [4.69, 9.17) is 5.11 Å². The van der Waals surface area contributed by atoms with Crippen molar-refractivity contribution >= 4 is 17.7 Å². The normalized spacial score (nSPS) is 11.6. The Hall–Kier alpha value is -2.96. The van der Waals surface area contributed by atoms with E-state index in [-0.39, 0.29) is 12.3 Å². The van der Waals surface area contributed by atoms with Gasteiger partial charge in [-0.1, -0.05) is 30.3 Å². The smallest absolute Gasteiger partial charge is 0.308 e. The third kappa shape index (κ3) is 4.26. The number of rotatable bonds is 6. The molecule has 2 N–H and O–H groups in total. The minimum atomic E-state index is -0.988. The average molecular weight is 314 g/mol. The average Bonchev–Trinajstić information content (AvgIpc) is 2.53. The van der Waals surface area contributed by atoms with Gasteiger partial charge in [-0.05, 0) is 5.56 Å². The molecule has 1 amide bonds. The molecule has 1 aromatic heterocycles. The molecule has 7 heteroatoms. The van der Waals surface area contributed by atoms with Crippen LogP contribution >= 0.6 is 0 Å². The van der Waals surface area contributed by atoms with Gasteiger partial charge in [0.15, 0.2) is 0 Å². The molecule has 0 unspecified atom stereocenters. The van der Waals surface area contributed by atoms with Crippen LogP contribution in [-0.2, 0) is 16.0 Å². The lowest BCUT2D eigenvalue weighted by Gasteiger charge is -2.23. The number of hydrogen-bond acceptors (Lipinski definition) is 5. The predicted molar refractivity (Wildman–Crippen MR) is 84.9 cm³/mol. The largest absolute Gasteiger partial charge is 0.481 e. The Balaban J connectivity index is 2.35. The maximum Gasteiger partial charge on any atom is 0.308 e. The quantitative estimate of drug-likeness (QED) is 0.835. The second kappa shape index (κ2) is 7.35. The van der Waals surface area contributed by atoms with Gasteiger partial charge in [0, 0.05) is 25.9 Å². The number of amides is 1. The van der Waals surface area contributed by atoms with Gasteiger partial charge in [-0.15, -0.1) is 0 Å². The van der Waals surface area contributed by atoms with Crippen LogP contribution in [0.3, 0.4) is 0 Å². The SMILES string of the molecule is CN(C)C(=O)[C@@H](Nc1ncncc1CC(=O)O)c1ccccc1. The van der Waals surface area contributed by atoms with Gasteiger partial charge in [-0.3, -0.25) is 9.59 Å². The maximum atomic E-state index is 12.5. The number of hydrogen-bond donors (Lipinski definition) is 2. The number of carbonyl (C=O) groups excluding carboxylic acids is 1. The van der Waals surface area contributed by atoms with Crippen molar-refractivity contribution in [2.75, 3.05) is 19.4 Å². The van der Waals surface area contributed by atoms with E-state index in [9.17, 15) is 9.59 Å². The zero-order valence-corrected chi connectivity index (χ0v) is 12.9. The van der Waals surface area contributed by atoms with Crippen LogP contribution in [0.1, 0.15) is 17.2 Å². The number of benzene rings is 1. The van der Waals surface area contributed by atoms with Gasteiger partial charge in [0.2, 0.25) is 5.91 Å². The Morgan fingerprint density at radius 1 is 1.26 bits per heavy atom. The summed E-state index contributed by atoms with van der Waals surface area (Å²) in [6, 6.07) is 8.54. The fourth-order valence-corrected chi connectivity index (χ4v) is 2.11. The Morgan fingerprint density at radius 3 is 2.57 bits per heavy atom. The first-order valence-electron chi connectivity index (χ1n) is 7.02. The molecule has 0 saturated heterocycles. The van der Waals surface area contributed by atoms with E-state index < -0.39 is 12.0 Å². The van der Waals surface area contributed by atoms with Crippen LogP contribution < -0.4 is 5.32 Å². The highest BCUT2D eigenvalue weighted by molar-refractivity contribution is 5.86. The number of aliphatic carboxylic acids is 1. The minimum Gasteiger partial charge on any atom is -0.481 e. The van der Waals surface area contributed by atoms with Crippen LogP contribution in [0.5, 0.6) is 0 Å². The molecule has 7 nitrogen and oxygen atoms in total. The van der Waals surface area contributed by atoms with E-state index in [0.717, 1.165) is 5.56 Å². The minimum absolute atomic E-state index is 0.156. The highest BCUT2D eigenvalue weighted by atomic mass is 16.4. The van der Waals surface area contributed by atoms with Gasteiger partial charge < -0.3 is 15.3 Å². The molecule has 23 heavy (non-hydrogen) atoms. The number of nitrogens with zero attached hydrogens (tertiary/aromatic N) is 3. The monoisotopic (exact) mass is 314 g/mol. The van der Waals surface area contributed by atoms with E-state index in [1.54, 1.807) is 14.1 Å². The van der Waals surface area contributed by atoms with Crippen molar-refractivity contribution in [3.05, 3.63) is 54.0 Å². The molecule has 2 aromatic rings. The number of carboxylic acids is 1. The van der Waals surface area contributed by atoms with Gasteiger partial charge >= 0.3 is 5.97 Å². The summed E-state index contributed by atoms with van der Waals surface area (Å²) < 4.78 is 0. The molecule has 0 aliphatic carbocycles. The summed E-state index contributed by atoms with van der Waals surface area (Å²) in [6.45, 7) is 0. The third-order valence-electron chi connectivity index (χ3n) is 3.23. The van der Waals surface area contributed by atoms with Gasteiger partial charge in [-0.25, -0.2) is 9.97 Å². The summed E-state index contributed by atoms with van der Waals surface area (Å²) >= 11 is 0. The van der Waals surface area contributed by atoms with Gasteiger partial charge in [0.05, 0.1) is 6.42 Å². The summed E-state index contributed by atoms with van der Waals surface area (Å²) in [7, 11) is 3.33. The van der Waals surface area contributed by atoms with E-state index in [2.05, 4.69) is 15.3 Å². The van der Waals surface area contributed by atoms with Crippen LogP contribution in [0.25, 0.3) is 0 Å². The zero-order chi connectivity index (χ0) is 16.8.